The van der Waals surface area contributed by atoms with Gasteiger partial charge in [0.1, 0.15) is 11.6 Å². The molecule has 0 saturated heterocycles. The van der Waals surface area contributed by atoms with Gasteiger partial charge in [-0.1, -0.05) is 17.7 Å². The van der Waals surface area contributed by atoms with E-state index in [1.807, 2.05) is 0 Å². The summed E-state index contributed by atoms with van der Waals surface area (Å²) >= 11 is 5.63. The van der Waals surface area contributed by atoms with Crippen molar-refractivity contribution in [1.82, 2.24) is 0 Å². The number of halogens is 3. The Hall–Kier alpha value is -1.79. The van der Waals surface area contributed by atoms with Gasteiger partial charge in [-0.3, -0.25) is 4.21 Å². The number of carboxylic acid groups (broad SMARTS) is 1. The zero-order valence-electron chi connectivity index (χ0n) is 10.5. The van der Waals surface area contributed by atoms with Crippen molar-refractivity contribution in [3.05, 3.63) is 64.2 Å². The van der Waals surface area contributed by atoms with Crippen LogP contribution in [0.3, 0.4) is 0 Å². The second-order valence-corrected chi connectivity index (χ2v) is 6.04. The van der Waals surface area contributed by atoms with Gasteiger partial charge in [0, 0.05) is 4.90 Å². The molecule has 2 aromatic rings. The quantitative estimate of drug-likeness (QED) is 0.931. The molecule has 2 aromatic carbocycles. The molecule has 110 valence electrons. The molecule has 0 spiro atoms. The van der Waals surface area contributed by atoms with Crippen LogP contribution in [0.15, 0.2) is 41.3 Å². The van der Waals surface area contributed by atoms with E-state index in [9.17, 15) is 17.8 Å². The number of aromatic carboxylic acids is 1. The van der Waals surface area contributed by atoms with Crippen LogP contribution < -0.4 is 0 Å². The van der Waals surface area contributed by atoms with Crippen LogP contribution >= 0.6 is 11.6 Å². The second kappa shape index (κ2) is 6.32. The molecule has 0 aliphatic rings. The Morgan fingerprint density at radius 3 is 2.43 bits per heavy atom. The predicted octanol–water partition coefficient (Wildman–Crippen LogP) is 3.62. The minimum Gasteiger partial charge on any atom is -0.478 e. The SMILES string of the molecule is O=C(O)c1cc(S(=O)Cc2ccc(F)c(Cl)c2)ccc1F. The molecule has 0 bridgehead atoms. The van der Waals surface area contributed by atoms with Crippen LogP contribution in [0, 0.1) is 11.6 Å². The third-order valence-electron chi connectivity index (χ3n) is 2.71. The van der Waals surface area contributed by atoms with E-state index < -0.39 is 34.0 Å². The Bertz CT molecular complexity index is 734. The zero-order valence-corrected chi connectivity index (χ0v) is 12.0. The average molecular weight is 331 g/mol. The molecule has 21 heavy (non-hydrogen) atoms. The second-order valence-electron chi connectivity index (χ2n) is 4.19. The standard InChI is InChI=1S/C14H9ClF2O3S/c15-11-5-8(1-3-13(11)17)7-21(20)9-2-4-12(16)10(6-9)14(18)19/h1-6H,7H2,(H,18,19). The van der Waals surface area contributed by atoms with Gasteiger partial charge in [0.15, 0.2) is 0 Å². The van der Waals surface area contributed by atoms with Crippen molar-refractivity contribution in [3.63, 3.8) is 0 Å². The lowest BCUT2D eigenvalue weighted by Crippen LogP contribution is -2.04. The largest absolute Gasteiger partial charge is 0.478 e. The Balaban J connectivity index is 2.26. The van der Waals surface area contributed by atoms with E-state index in [2.05, 4.69) is 0 Å². The summed E-state index contributed by atoms with van der Waals surface area (Å²) in [7, 11) is -1.60. The molecule has 0 fully saturated rings. The molecule has 0 heterocycles. The van der Waals surface area contributed by atoms with E-state index in [0.717, 1.165) is 18.2 Å². The highest BCUT2D eigenvalue weighted by atomic mass is 35.5. The number of rotatable bonds is 4. The average Bonchev–Trinajstić information content (AvgIpc) is 2.43. The van der Waals surface area contributed by atoms with Gasteiger partial charge in [-0.2, -0.15) is 0 Å². The fourth-order valence-electron chi connectivity index (χ4n) is 1.67. The van der Waals surface area contributed by atoms with Gasteiger partial charge in [-0.05, 0) is 35.9 Å². The van der Waals surface area contributed by atoms with Crippen molar-refractivity contribution >= 4 is 28.4 Å². The van der Waals surface area contributed by atoms with Crippen LogP contribution in [0.5, 0.6) is 0 Å². The maximum absolute atomic E-state index is 13.3. The maximum Gasteiger partial charge on any atom is 0.338 e. The molecule has 3 nitrogen and oxygen atoms in total. The molecule has 0 aromatic heterocycles. The van der Waals surface area contributed by atoms with Gasteiger partial charge in [-0.25, -0.2) is 13.6 Å². The van der Waals surface area contributed by atoms with Gasteiger partial charge in [0.05, 0.1) is 27.1 Å². The topological polar surface area (TPSA) is 54.4 Å². The van der Waals surface area contributed by atoms with E-state index in [1.165, 1.54) is 18.2 Å². The normalized spacial score (nSPS) is 12.1. The van der Waals surface area contributed by atoms with E-state index in [-0.39, 0.29) is 15.7 Å². The van der Waals surface area contributed by atoms with Crippen LogP contribution in [0.2, 0.25) is 5.02 Å². The van der Waals surface area contributed by atoms with Crippen molar-refractivity contribution in [1.29, 1.82) is 0 Å². The van der Waals surface area contributed by atoms with Crippen LogP contribution in [0.25, 0.3) is 0 Å². The highest BCUT2D eigenvalue weighted by molar-refractivity contribution is 7.84. The molecule has 1 N–H and O–H groups in total. The molecule has 1 unspecified atom stereocenters. The van der Waals surface area contributed by atoms with Crippen LogP contribution in [0.4, 0.5) is 8.78 Å². The number of hydrogen-bond donors (Lipinski definition) is 1. The number of benzene rings is 2. The van der Waals surface area contributed by atoms with Crippen molar-refractivity contribution < 1.29 is 22.9 Å². The molecule has 0 saturated carbocycles. The van der Waals surface area contributed by atoms with Crippen molar-refractivity contribution in [2.75, 3.05) is 0 Å². The highest BCUT2D eigenvalue weighted by Gasteiger charge is 2.14. The van der Waals surface area contributed by atoms with Gasteiger partial charge in [-0.15, -0.1) is 0 Å². The fourth-order valence-corrected chi connectivity index (χ4v) is 3.00. The molecular formula is C14H9ClF2O3S. The molecule has 7 heteroatoms. The lowest BCUT2D eigenvalue weighted by atomic mass is 10.2. The van der Waals surface area contributed by atoms with Gasteiger partial charge < -0.3 is 5.11 Å². The van der Waals surface area contributed by atoms with Crippen LogP contribution in [0.1, 0.15) is 15.9 Å². The summed E-state index contributed by atoms with van der Waals surface area (Å²) in [5.41, 5.74) is -0.0149. The maximum atomic E-state index is 13.3. The number of carboxylic acids is 1. The van der Waals surface area contributed by atoms with Crippen molar-refractivity contribution in [2.24, 2.45) is 0 Å². The van der Waals surface area contributed by atoms with E-state index in [1.54, 1.807) is 0 Å². The lowest BCUT2D eigenvalue weighted by molar-refractivity contribution is 0.0691. The Labute approximate surface area is 126 Å². The fraction of sp³-hybridized carbons (Fsp3) is 0.0714. The molecular weight excluding hydrogens is 322 g/mol. The van der Waals surface area contributed by atoms with Gasteiger partial charge in [0.25, 0.3) is 0 Å². The highest BCUT2D eigenvalue weighted by Crippen LogP contribution is 2.20. The third kappa shape index (κ3) is 3.65. The first-order valence-electron chi connectivity index (χ1n) is 5.73. The Morgan fingerprint density at radius 1 is 1.14 bits per heavy atom. The summed E-state index contributed by atoms with van der Waals surface area (Å²) in [5, 5.41) is 8.74. The van der Waals surface area contributed by atoms with Gasteiger partial charge in [0.2, 0.25) is 0 Å². The summed E-state index contributed by atoms with van der Waals surface area (Å²) in [4.78, 5) is 11.0. The first-order valence-corrected chi connectivity index (χ1v) is 7.43. The van der Waals surface area contributed by atoms with E-state index in [4.69, 9.17) is 16.7 Å². The first kappa shape index (κ1) is 15.6. The molecule has 0 aliphatic carbocycles. The Morgan fingerprint density at radius 2 is 1.81 bits per heavy atom. The monoisotopic (exact) mass is 330 g/mol. The third-order valence-corrected chi connectivity index (χ3v) is 4.38. The molecule has 2 rings (SSSR count). The first-order chi connectivity index (χ1) is 9.88. The van der Waals surface area contributed by atoms with Crippen molar-refractivity contribution in [2.45, 2.75) is 10.6 Å². The zero-order chi connectivity index (χ0) is 15.6. The minimum absolute atomic E-state index is 0.0185. The molecule has 0 aliphatic heterocycles. The summed E-state index contributed by atoms with van der Waals surface area (Å²) in [6, 6.07) is 7.16. The molecule has 0 radical (unpaired) electrons. The lowest BCUT2D eigenvalue weighted by Gasteiger charge is -2.05. The van der Waals surface area contributed by atoms with Crippen LogP contribution in [-0.2, 0) is 16.6 Å². The Kier molecular flexibility index (Phi) is 4.69. The van der Waals surface area contributed by atoms with Crippen LogP contribution in [-0.4, -0.2) is 15.3 Å². The summed E-state index contributed by atoms with van der Waals surface area (Å²) < 4.78 is 38.5. The molecule has 1 atom stereocenters. The van der Waals surface area contributed by atoms with Gasteiger partial charge >= 0.3 is 5.97 Å². The summed E-state index contributed by atoms with van der Waals surface area (Å²) in [6.07, 6.45) is 0. The minimum atomic E-state index is -1.60. The summed E-state index contributed by atoms with van der Waals surface area (Å²) in [5.74, 6) is -2.89. The number of hydrogen-bond acceptors (Lipinski definition) is 2. The summed E-state index contributed by atoms with van der Waals surface area (Å²) in [6.45, 7) is 0. The smallest absolute Gasteiger partial charge is 0.338 e. The van der Waals surface area contributed by atoms with E-state index in [0.29, 0.717) is 5.56 Å². The number of carbonyl (C=O) groups is 1. The van der Waals surface area contributed by atoms with Crippen molar-refractivity contribution in [3.8, 4) is 0 Å². The van der Waals surface area contributed by atoms with E-state index >= 15 is 0 Å². The molecule has 0 amide bonds. The predicted molar refractivity (Wildman–Crippen MR) is 74.9 cm³/mol.